The van der Waals surface area contributed by atoms with Gasteiger partial charge in [0.05, 0.1) is 23.8 Å². The van der Waals surface area contributed by atoms with Crippen LogP contribution in [-0.2, 0) is 9.53 Å². The van der Waals surface area contributed by atoms with Crippen LogP contribution in [0.1, 0.15) is 18.6 Å². The maximum atomic E-state index is 12.3. The van der Waals surface area contributed by atoms with Crippen LogP contribution in [0.5, 0.6) is 0 Å². The summed E-state index contributed by atoms with van der Waals surface area (Å²) in [7, 11) is 0. The molecule has 0 N–H and O–H groups in total. The second-order valence-electron chi connectivity index (χ2n) is 4.44. The van der Waals surface area contributed by atoms with Gasteiger partial charge < -0.3 is 9.15 Å². The highest BCUT2D eigenvalue weighted by atomic mass is 32.2. The van der Waals surface area contributed by atoms with Gasteiger partial charge in [-0.15, -0.1) is 0 Å². The summed E-state index contributed by atoms with van der Waals surface area (Å²) >= 11 is 6.58. The van der Waals surface area contributed by atoms with Crippen LogP contribution in [0.4, 0.5) is 0 Å². The molecule has 0 bridgehead atoms. The molecule has 3 heterocycles. The molecular weight excluding hydrogens is 282 g/mol. The highest BCUT2D eigenvalue weighted by Crippen LogP contribution is 2.33. The number of thiocarbonyl (C=S) groups is 1. The molecular formula is C13H13NO3S2. The monoisotopic (exact) mass is 295 g/mol. The van der Waals surface area contributed by atoms with Gasteiger partial charge in [-0.25, -0.2) is 0 Å². The van der Waals surface area contributed by atoms with E-state index in [1.165, 1.54) is 11.8 Å². The van der Waals surface area contributed by atoms with Gasteiger partial charge in [-0.2, -0.15) is 0 Å². The number of nitrogens with zero attached hydrogens (tertiary/aromatic N) is 1. The van der Waals surface area contributed by atoms with Crippen LogP contribution in [0.3, 0.4) is 0 Å². The van der Waals surface area contributed by atoms with Crippen molar-refractivity contribution in [3.8, 4) is 0 Å². The average molecular weight is 295 g/mol. The first-order valence-corrected chi connectivity index (χ1v) is 7.37. The minimum absolute atomic E-state index is 0.0538. The maximum Gasteiger partial charge on any atom is 0.266 e. The lowest BCUT2D eigenvalue weighted by atomic mass is 10.2. The molecule has 2 saturated heterocycles. The standard InChI is InChI=1S/C13H13NO3S2/c15-12-11(7-9-3-1-5-16-9)19-13(18)14(12)8-10-4-2-6-17-10/h1,3,5,7,10H,2,4,6,8H2/b11-7+. The second kappa shape index (κ2) is 5.48. The van der Waals surface area contributed by atoms with E-state index in [-0.39, 0.29) is 12.0 Å². The van der Waals surface area contributed by atoms with Crippen molar-refractivity contribution in [1.29, 1.82) is 0 Å². The quantitative estimate of drug-likeness (QED) is 0.633. The van der Waals surface area contributed by atoms with Crippen LogP contribution in [0.25, 0.3) is 6.08 Å². The van der Waals surface area contributed by atoms with Crippen molar-refractivity contribution >= 4 is 40.3 Å². The van der Waals surface area contributed by atoms with Crippen molar-refractivity contribution in [2.24, 2.45) is 0 Å². The fraction of sp³-hybridized carbons (Fsp3) is 0.385. The van der Waals surface area contributed by atoms with Crippen molar-refractivity contribution in [1.82, 2.24) is 4.90 Å². The van der Waals surface area contributed by atoms with Crippen molar-refractivity contribution in [2.45, 2.75) is 18.9 Å². The summed E-state index contributed by atoms with van der Waals surface area (Å²) in [6.45, 7) is 1.34. The Morgan fingerprint density at radius 1 is 1.58 bits per heavy atom. The van der Waals surface area contributed by atoms with E-state index in [9.17, 15) is 4.79 Å². The lowest BCUT2D eigenvalue weighted by Gasteiger charge is -2.18. The summed E-state index contributed by atoms with van der Waals surface area (Å²) in [6, 6.07) is 3.60. The van der Waals surface area contributed by atoms with Crippen molar-refractivity contribution in [2.75, 3.05) is 13.2 Å². The Morgan fingerprint density at radius 3 is 3.16 bits per heavy atom. The summed E-state index contributed by atoms with van der Waals surface area (Å²) in [5.41, 5.74) is 0. The first-order chi connectivity index (χ1) is 9.24. The smallest absolute Gasteiger partial charge is 0.266 e. The molecule has 3 rings (SSSR count). The van der Waals surface area contributed by atoms with Gasteiger partial charge in [0, 0.05) is 12.7 Å². The number of hydrogen-bond donors (Lipinski definition) is 0. The molecule has 0 aliphatic carbocycles. The summed E-state index contributed by atoms with van der Waals surface area (Å²) in [4.78, 5) is 14.5. The van der Waals surface area contributed by atoms with E-state index in [2.05, 4.69) is 0 Å². The van der Waals surface area contributed by atoms with Gasteiger partial charge >= 0.3 is 0 Å². The molecule has 4 nitrogen and oxygen atoms in total. The number of carbonyl (C=O) groups is 1. The van der Waals surface area contributed by atoms with Gasteiger partial charge in [-0.3, -0.25) is 9.69 Å². The van der Waals surface area contributed by atoms with Gasteiger partial charge in [0.15, 0.2) is 0 Å². The molecule has 1 aromatic rings. The normalized spacial score (nSPS) is 25.8. The molecule has 0 aromatic carbocycles. The highest BCUT2D eigenvalue weighted by Gasteiger charge is 2.34. The van der Waals surface area contributed by atoms with E-state index in [1.54, 1.807) is 23.3 Å². The Hall–Kier alpha value is -1.11. The largest absolute Gasteiger partial charge is 0.465 e. The van der Waals surface area contributed by atoms with Crippen LogP contribution in [0.15, 0.2) is 27.7 Å². The summed E-state index contributed by atoms with van der Waals surface area (Å²) < 4.78 is 11.4. The number of hydrogen-bond acceptors (Lipinski definition) is 5. The number of rotatable bonds is 3. The van der Waals surface area contributed by atoms with Crippen molar-refractivity contribution in [3.63, 3.8) is 0 Å². The minimum atomic E-state index is -0.0538. The SMILES string of the molecule is O=C1/C(=C\c2ccco2)SC(=S)N1CC1CCCO1. The zero-order valence-corrected chi connectivity index (χ0v) is 11.8. The molecule has 2 aliphatic heterocycles. The number of ether oxygens (including phenoxy) is 1. The average Bonchev–Trinajstić information content (AvgIpc) is 3.10. The summed E-state index contributed by atoms with van der Waals surface area (Å²) in [5, 5.41) is 0. The minimum Gasteiger partial charge on any atom is -0.465 e. The Labute approximate surface area is 120 Å². The molecule has 6 heteroatoms. The fourth-order valence-electron chi connectivity index (χ4n) is 2.15. The van der Waals surface area contributed by atoms with Gasteiger partial charge in [0.2, 0.25) is 0 Å². The Kier molecular flexibility index (Phi) is 3.72. The van der Waals surface area contributed by atoms with Crippen LogP contribution in [0.2, 0.25) is 0 Å². The number of thioether (sulfide) groups is 1. The molecule has 1 amide bonds. The van der Waals surface area contributed by atoms with E-state index in [1.807, 2.05) is 6.07 Å². The fourth-order valence-corrected chi connectivity index (χ4v) is 3.41. The molecule has 2 fully saturated rings. The Morgan fingerprint density at radius 2 is 2.47 bits per heavy atom. The molecule has 0 saturated carbocycles. The molecule has 1 aromatic heterocycles. The predicted molar refractivity (Wildman–Crippen MR) is 77.6 cm³/mol. The molecule has 0 radical (unpaired) electrons. The van der Waals surface area contributed by atoms with Crippen molar-refractivity contribution in [3.05, 3.63) is 29.1 Å². The highest BCUT2D eigenvalue weighted by molar-refractivity contribution is 8.26. The van der Waals surface area contributed by atoms with Gasteiger partial charge in [-0.05, 0) is 25.0 Å². The number of carbonyl (C=O) groups excluding carboxylic acids is 1. The van der Waals surface area contributed by atoms with Crippen LogP contribution in [0, 0.1) is 0 Å². The van der Waals surface area contributed by atoms with Gasteiger partial charge in [0.1, 0.15) is 10.1 Å². The first-order valence-electron chi connectivity index (χ1n) is 6.14. The van der Waals surface area contributed by atoms with E-state index >= 15 is 0 Å². The topological polar surface area (TPSA) is 42.7 Å². The third-order valence-electron chi connectivity index (χ3n) is 3.10. The molecule has 19 heavy (non-hydrogen) atoms. The Bertz CT molecular complexity index is 518. The van der Waals surface area contributed by atoms with E-state index in [0.29, 0.717) is 21.5 Å². The lowest BCUT2D eigenvalue weighted by Crippen LogP contribution is -2.35. The predicted octanol–water partition coefficient (Wildman–Crippen LogP) is 2.66. The van der Waals surface area contributed by atoms with E-state index in [4.69, 9.17) is 21.4 Å². The molecule has 1 unspecified atom stereocenters. The summed E-state index contributed by atoms with van der Waals surface area (Å²) in [6.07, 6.45) is 5.48. The van der Waals surface area contributed by atoms with Crippen LogP contribution in [-0.4, -0.2) is 34.4 Å². The lowest BCUT2D eigenvalue weighted by molar-refractivity contribution is -0.123. The third-order valence-corrected chi connectivity index (χ3v) is 4.48. The Balaban J connectivity index is 1.73. The van der Waals surface area contributed by atoms with E-state index in [0.717, 1.165) is 19.4 Å². The summed E-state index contributed by atoms with van der Waals surface area (Å²) in [5.74, 6) is 0.611. The van der Waals surface area contributed by atoms with Crippen LogP contribution < -0.4 is 0 Å². The van der Waals surface area contributed by atoms with Gasteiger partial charge in [0.25, 0.3) is 5.91 Å². The second-order valence-corrected chi connectivity index (χ2v) is 6.12. The number of furan rings is 1. The van der Waals surface area contributed by atoms with Crippen LogP contribution >= 0.6 is 24.0 Å². The zero-order chi connectivity index (χ0) is 13.2. The van der Waals surface area contributed by atoms with E-state index < -0.39 is 0 Å². The van der Waals surface area contributed by atoms with Crippen molar-refractivity contribution < 1.29 is 13.9 Å². The molecule has 2 aliphatic rings. The third kappa shape index (κ3) is 2.75. The zero-order valence-electron chi connectivity index (χ0n) is 10.2. The molecule has 1 atom stereocenters. The number of amides is 1. The van der Waals surface area contributed by atoms with Gasteiger partial charge in [-0.1, -0.05) is 24.0 Å². The maximum absolute atomic E-state index is 12.3. The first kappa shape index (κ1) is 12.9. The molecule has 100 valence electrons. The molecule has 0 spiro atoms.